The standard InChI is InChI=1S/C11H19N3O2/c1-13(6-3-5-12)11(16)9-14-7-2-4-10(15)8-14/h10,15H,2-4,6-9H2,1H3/t10-/m0/s1. The van der Waals surface area contributed by atoms with Crippen LogP contribution in [-0.4, -0.2) is 60.1 Å². The second-order valence-electron chi connectivity index (χ2n) is 4.25. The summed E-state index contributed by atoms with van der Waals surface area (Å²) in [6.45, 7) is 2.28. The monoisotopic (exact) mass is 225 g/mol. The number of hydrogen-bond acceptors (Lipinski definition) is 4. The number of β-amino-alcohol motifs (C(OH)–C–C–N with tert-alkyl or cyclic N) is 1. The molecule has 1 aliphatic rings. The van der Waals surface area contributed by atoms with Crippen molar-refractivity contribution >= 4 is 5.91 Å². The summed E-state index contributed by atoms with van der Waals surface area (Å²) >= 11 is 0. The second-order valence-corrected chi connectivity index (χ2v) is 4.25. The molecule has 0 aromatic heterocycles. The highest BCUT2D eigenvalue weighted by molar-refractivity contribution is 5.78. The fraction of sp³-hybridized carbons (Fsp3) is 0.818. The van der Waals surface area contributed by atoms with Crippen molar-refractivity contribution in [3.8, 4) is 6.07 Å². The maximum Gasteiger partial charge on any atom is 0.236 e. The van der Waals surface area contributed by atoms with Crippen LogP contribution < -0.4 is 0 Å². The van der Waals surface area contributed by atoms with Gasteiger partial charge in [0.05, 0.1) is 25.1 Å². The fourth-order valence-electron chi connectivity index (χ4n) is 1.83. The quantitative estimate of drug-likeness (QED) is 0.720. The van der Waals surface area contributed by atoms with Gasteiger partial charge in [-0.25, -0.2) is 0 Å². The van der Waals surface area contributed by atoms with Crippen molar-refractivity contribution in [3.05, 3.63) is 0 Å². The normalized spacial score (nSPS) is 21.4. The zero-order chi connectivity index (χ0) is 12.0. The lowest BCUT2D eigenvalue weighted by atomic mass is 10.1. The van der Waals surface area contributed by atoms with Crippen molar-refractivity contribution in [2.24, 2.45) is 0 Å². The van der Waals surface area contributed by atoms with Crippen molar-refractivity contribution in [2.75, 3.05) is 33.2 Å². The van der Waals surface area contributed by atoms with Crippen LogP contribution >= 0.6 is 0 Å². The minimum Gasteiger partial charge on any atom is -0.392 e. The lowest BCUT2D eigenvalue weighted by Gasteiger charge is -2.30. The molecule has 0 aliphatic carbocycles. The predicted molar refractivity (Wildman–Crippen MR) is 59.5 cm³/mol. The van der Waals surface area contributed by atoms with E-state index in [4.69, 9.17) is 5.26 Å². The maximum atomic E-state index is 11.7. The highest BCUT2D eigenvalue weighted by atomic mass is 16.3. The zero-order valence-electron chi connectivity index (χ0n) is 9.72. The minimum absolute atomic E-state index is 0.0179. The first-order chi connectivity index (χ1) is 7.63. The number of likely N-dealkylation sites (N-methyl/N-ethyl adjacent to an activating group) is 1. The van der Waals surface area contributed by atoms with Crippen LogP contribution in [0.15, 0.2) is 0 Å². The molecule has 1 heterocycles. The number of aliphatic hydroxyl groups is 1. The van der Waals surface area contributed by atoms with Gasteiger partial charge >= 0.3 is 0 Å². The molecule has 1 saturated heterocycles. The van der Waals surface area contributed by atoms with E-state index in [9.17, 15) is 9.90 Å². The van der Waals surface area contributed by atoms with Crippen molar-refractivity contribution < 1.29 is 9.90 Å². The van der Waals surface area contributed by atoms with Gasteiger partial charge in [-0.2, -0.15) is 5.26 Å². The Bertz CT molecular complexity index is 275. The summed E-state index contributed by atoms with van der Waals surface area (Å²) in [7, 11) is 1.71. The summed E-state index contributed by atoms with van der Waals surface area (Å²) in [5, 5.41) is 17.9. The molecule has 1 N–H and O–H groups in total. The Hall–Kier alpha value is -1.12. The number of carbonyl (C=O) groups is 1. The summed E-state index contributed by atoms with van der Waals surface area (Å²) in [4.78, 5) is 15.3. The number of aliphatic hydroxyl groups excluding tert-OH is 1. The molecule has 90 valence electrons. The number of likely N-dealkylation sites (tertiary alicyclic amines) is 1. The molecular formula is C11H19N3O2. The first-order valence-electron chi connectivity index (χ1n) is 5.65. The van der Waals surface area contributed by atoms with Gasteiger partial charge in [-0.15, -0.1) is 0 Å². The lowest BCUT2D eigenvalue weighted by Crippen LogP contribution is -2.44. The molecule has 5 nitrogen and oxygen atoms in total. The summed E-state index contributed by atoms with van der Waals surface area (Å²) in [6.07, 6.45) is 1.84. The third-order valence-corrected chi connectivity index (χ3v) is 2.82. The number of nitrogens with zero attached hydrogens (tertiary/aromatic N) is 3. The van der Waals surface area contributed by atoms with Gasteiger partial charge in [0.1, 0.15) is 0 Å². The molecule has 0 saturated carbocycles. The SMILES string of the molecule is CN(CCC#N)C(=O)CN1CCC[C@H](O)C1. The largest absolute Gasteiger partial charge is 0.392 e. The molecule has 0 unspecified atom stereocenters. The molecule has 0 radical (unpaired) electrons. The van der Waals surface area contributed by atoms with Crippen LogP contribution in [0.1, 0.15) is 19.3 Å². The summed E-state index contributed by atoms with van der Waals surface area (Å²) < 4.78 is 0. The first-order valence-corrected chi connectivity index (χ1v) is 5.65. The molecule has 1 fully saturated rings. The first kappa shape index (κ1) is 12.9. The highest BCUT2D eigenvalue weighted by Crippen LogP contribution is 2.09. The Kier molecular flexibility index (Phi) is 5.23. The Balaban J connectivity index is 2.30. The fourth-order valence-corrected chi connectivity index (χ4v) is 1.83. The molecule has 0 aromatic carbocycles. The van der Waals surface area contributed by atoms with E-state index >= 15 is 0 Å². The summed E-state index contributed by atoms with van der Waals surface area (Å²) in [5.74, 6) is 0.0179. The topological polar surface area (TPSA) is 67.6 Å². The van der Waals surface area contributed by atoms with Crippen molar-refractivity contribution in [1.29, 1.82) is 5.26 Å². The highest BCUT2D eigenvalue weighted by Gasteiger charge is 2.20. The summed E-state index contributed by atoms with van der Waals surface area (Å²) in [5.41, 5.74) is 0. The van der Waals surface area contributed by atoms with Gasteiger partial charge in [-0.1, -0.05) is 0 Å². The molecule has 1 aliphatic heterocycles. The van der Waals surface area contributed by atoms with Crippen LogP contribution in [0.25, 0.3) is 0 Å². The van der Waals surface area contributed by atoms with E-state index < -0.39 is 0 Å². The molecule has 1 rings (SSSR count). The maximum absolute atomic E-state index is 11.7. The van der Waals surface area contributed by atoms with E-state index in [1.807, 2.05) is 11.0 Å². The third kappa shape index (κ3) is 4.17. The Morgan fingerprint density at radius 1 is 1.69 bits per heavy atom. The van der Waals surface area contributed by atoms with E-state index in [0.29, 0.717) is 26.1 Å². The molecule has 0 bridgehead atoms. The molecule has 1 amide bonds. The van der Waals surface area contributed by atoms with Crippen LogP contribution in [0.5, 0.6) is 0 Å². The van der Waals surface area contributed by atoms with Crippen LogP contribution in [-0.2, 0) is 4.79 Å². The van der Waals surface area contributed by atoms with E-state index in [-0.39, 0.29) is 12.0 Å². The Morgan fingerprint density at radius 3 is 3.06 bits per heavy atom. The number of amides is 1. The van der Waals surface area contributed by atoms with Gasteiger partial charge < -0.3 is 10.0 Å². The average Bonchev–Trinajstić information content (AvgIpc) is 2.25. The lowest BCUT2D eigenvalue weighted by molar-refractivity contribution is -0.131. The van der Waals surface area contributed by atoms with E-state index in [0.717, 1.165) is 19.4 Å². The van der Waals surface area contributed by atoms with Gasteiger partial charge in [0, 0.05) is 20.1 Å². The number of rotatable bonds is 4. The van der Waals surface area contributed by atoms with Gasteiger partial charge in [-0.05, 0) is 19.4 Å². The second kappa shape index (κ2) is 6.46. The molecule has 0 aromatic rings. The van der Waals surface area contributed by atoms with Crippen LogP contribution in [0.3, 0.4) is 0 Å². The van der Waals surface area contributed by atoms with E-state index in [2.05, 4.69) is 0 Å². The predicted octanol–water partition coefficient (Wildman–Crippen LogP) is -0.185. The third-order valence-electron chi connectivity index (χ3n) is 2.82. The van der Waals surface area contributed by atoms with E-state index in [1.54, 1.807) is 11.9 Å². The Morgan fingerprint density at radius 2 is 2.44 bits per heavy atom. The van der Waals surface area contributed by atoms with Crippen molar-refractivity contribution in [2.45, 2.75) is 25.4 Å². The van der Waals surface area contributed by atoms with Crippen LogP contribution in [0.2, 0.25) is 0 Å². The molecule has 1 atom stereocenters. The molecular weight excluding hydrogens is 206 g/mol. The van der Waals surface area contributed by atoms with Gasteiger partial charge in [0.15, 0.2) is 0 Å². The van der Waals surface area contributed by atoms with Crippen LogP contribution in [0.4, 0.5) is 0 Å². The van der Waals surface area contributed by atoms with Gasteiger partial charge in [0.2, 0.25) is 5.91 Å². The summed E-state index contributed by atoms with van der Waals surface area (Å²) in [6, 6.07) is 2.02. The Labute approximate surface area is 96.3 Å². The molecule has 0 spiro atoms. The molecule has 16 heavy (non-hydrogen) atoms. The zero-order valence-corrected chi connectivity index (χ0v) is 9.72. The number of nitriles is 1. The van der Waals surface area contributed by atoms with Gasteiger partial charge in [-0.3, -0.25) is 9.69 Å². The van der Waals surface area contributed by atoms with Gasteiger partial charge in [0.25, 0.3) is 0 Å². The van der Waals surface area contributed by atoms with Crippen molar-refractivity contribution in [1.82, 2.24) is 9.80 Å². The number of piperidine rings is 1. The van der Waals surface area contributed by atoms with Crippen LogP contribution in [0, 0.1) is 11.3 Å². The minimum atomic E-state index is -0.300. The average molecular weight is 225 g/mol. The van der Waals surface area contributed by atoms with Crippen molar-refractivity contribution in [3.63, 3.8) is 0 Å². The number of hydrogen-bond donors (Lipinski definition) is 1. The smallest absolute Gasteiger partial charge is 0.236 e. The van der Waals surface area contributed by atoms with E-state index in [1.165, 1.54) is 0 Å². The number of carbonyl (C=O) groups excluding carboxylic acids is 1. The molecule has 5 heteroatoms.